The van der Waals surface area contributed by atoms with Crippen LogP contribution in [0.15, 0.2) is 24.3 Å². The van der Waals surface area contributed by atoms with Crippen LogP contribution < -0.4 is 5.32 Å². The van der Waals surface area contributed by atoms with Crippen molar-refractivity contribution >= 4 is 17.8 Å². The Hall–Kier alpha value is -2.44. The second-order valence-electron chi connectivity index (χ2n) is 6.41. The van der Waals surface area contributed by atoms with Crippen molar-refractivity contribution in [2.24, 2.45) is 5.92 Å². The Bertz CT molecular complexity index is 645. The van der Waals surface area contributed by atoms with Crippen molar-refractivity contribution in [3.63, 3.8) is 0 Å². The molecule has 2 rings (SSSR count). The van der Waals surface area contributed by atoms with Gasteiger partial charge in [-0.05, 0) is 43.0 Å². The highest BCUT2D eigenvalue weighted by Crippen LogP contribution is 2.21. The number of carbonyl (C=O) groups is 3. The third-order valence-electron chi connectivity index (χ3n) is 4.33. The number of carbonyl (C=O) groups excluding carboxylic acids is 3. The van der Waals surface area contributed by atoms with Gasteiger partial charge in [0.2, 0.25) is 5.91 Å². The van der Waals surface area contributed by atoms with Crippen LogP contribution in [0.4, 0.5) is 4.39 Å². The Balaban J connectivity index is 2.14. The van der Waals surface area contributed by atoms with Crippen molar-refractivity contribution in [2.75, 3.05) is 13.7 Å². The summed E-state index contributed by atoms with van der Waals surface area (Å²) < 4.78 is 17.8. The summed E-state index contributed by atoms with van der Waals surface area (Å²) in [5.41, 5.74) is 0.269. The summed E-state index contributed by atoms with van der Waals surface area (Å²) in [6, 6.07) is 3.72. The zero-order valence-corrected chi connectivity index (χ0v) is 14.6. The molecule has 0 unspecified atom stereocenters. The Morgan fingerprint density at radius 1 is 1.24 bits per heavy atom. The molecule has 1 saturated heterocycles. The Morgan fingerprint density at radius 3 is 2.44 bits per heavy atom. The summed E-state index contributed by atoms with van der Waals surface area (Å²) in [4.78, 5) is 38.6. The fourth-order valence-corrected chi connectivity index (χ4v) is 2.93. The molecule has 1 aromatic rings. The van der Waals surface area contributed by atoms with E-state index in [1.807, 2.05) is 13.8 Å². The van der Waals surface area contributed by atoms with Crippen LogP contribution in [0.5, 0.6) is 0 Å². The predicted octanol–water partition coefficient (Wildman–Crippen LogP) is 1.74. The third-order valence-corrected chi connectivity index (χ3v) is 4.33. The first kappa shape index (κ1) is 18.9. The standard InChI is InChI=1S/C18H23FN2O4/c1-11(2)15(20-16(22)12-6-8-13(19)9-7-12)17(23)21-10-4-5-14(21)18(24)25-3/h6-9,11,14-15H,4-5,10H2,1-3H3,(H,20,22)/t14-,15-/m0/s1. The predicted molar refractivity (Wildman–Crippen MR) is 89.2 cm³/mol. The highest BCUT2D eigenvalue weighted by molar-refractivity contribution is 5.98. The maximum atomic E-state index is 13.0. The molecular formula is C18H23FN2O4. The molecule has 0 aromatic heterocycles. The lowest BCUT2D eigenvalue weighted by atomic mass is 10.0. The number of hydrogen-bond donors (Lipinski definition) is 1. The largest absolute Gasteiger partial charge is 0.467 e. The van der Waals surface area contributed by atoms with E-state index in [2.05, 4.69) is 5.32 Å². The lowest BCUT2D eigenvalue weighted by Crippen LogP contribution is -2.53. The molecule has 2 amide bonds. The molecule has 7 heteroatoms. The molecule has 0 bridgehead atoms. The van der Waals surface area contributed by atoms with Gasteiger partial charge in [-0.2, -0.15) is 0 Å². The van der Waals surface area contributed by atoms with Gasteiger partial charge < -0.3 is 15.0 Å². The maximum absolute atomic E-state index is 13.0. The summed E-state index contributed by atoms with van der Waals surface area (Å²) in [6.07, 6.45) is 1.26. The zero-order chi connectivity index (χ0) is 18.6. The number of nitrogens with one attached hydrogen (secondary N) is 1. The van der Waals surface area contributed by atoms with Crippen LogP contribution in [0.3, 0.4) is 0 Å². The minimum Gasteiger partial charge on any atom is -0.467 e. The van der Waals surface area contributed by atoms with E-state index in [-0.39, 0.29) is 17.4 Å². The number of nitrogens with zero attached hydrogens (tertiary/aromatic N) is 1. The number of amides is 2. The smallest absolute Gasteiger partial charge is 0.328 e. The van der Waals surface area contributed by atoms with Gasteiger partial charge in [-0.1, -0.05) is 13.8 Å². The van der Waals surface area contributed by atoms with E-state index in [9.17, 15) is 18.8 Å². The van der Waals surface area contributed by atoms with Crippen molar-refractivity contribution < 1.29 is 23.5 Å². The highest BCUT2D eigenvalue weighted by Gasteiger charge is 2.39. The number of methoxy groups -OCH3 is 1. The van der Waals surface area contributed by atoms with Gasteiger partial charge in [0, 0.05) is 12.1 Å². The molecule has 0 saturated carbocycles. The normalized spacial score (nSPS) is 18.1. The summed E-state index contributed by atoms with van der Waals surface area (Å²) >= 11 is 0. The van der Waals surface area contributed by atoms with Gasteiger partial charge in [0.1, 0.15) is 17.9 Å². The number of likely N-dealkylation sites (tertiary alicyclic amines) is 1. The molecule has 1 aliphatic rings. The molecule has 2 atom stereocenters. The van der Waals surface area contributed by atoms with E-state index in [1.54, 1.807) is 0 Å². The van der Waals surface area contributed by atoms with Crippen LogP contribution in [0.25, 0.3) is 0 Å². The molecule has 1 aromatic carbocycles. The average molecular weight is 350 g/mol. The Labute approximate surface area is 146 Å². The van der Waals surface area contributed by atoms with Crippen LogP contribution in [0.1, 0.15) is 37.0 Å². The molecule has 136 valence electrons. The lowest BCUT2D eigenvalue weighted by Gasteiger charge is -2.29. The maximum Gasteiger partial charge on any atom is 0.328 e. The zero-order valence-electron chi connectivity index (χ0n) is 14.6. The molecule has 1 fully saturated rings. The van der Waals surface area contributed by atoms with Crippen molar-refractivity contribution in [3.05, 3.63) is 35.6 Å². The van der Waals surface area contributed by atoms with Gasteiger partial charge >= 0.3 is 5.97 Å². The molecule has 0 aliphatic carbocycles. The van der Waals surface area contributed by atoms with Crippen LogP contribution in [-0.4, -0.2) is 48.4 Å². The molecule has 0 radical (unpaired) electrons. The van der Waals surface area contributed by atoms with E-state index in [0.717, 1.165) is 0 Å². The van der Waals surface area contributed by atoms with Gasteiger partial charge in [0.25, 0.3) is 5.91 Å². The number of benzene rings is 1. The van der Waals surface area contributed by atoms with Gasteiger partial charge in [0.05, 0.1) is 7.11 Å². The van der Waals surface area contributed by atoms with Crippen molar-refractivity contribution in [1.29, 1.82) is 0 Å². The third kappa shape index (κ3) is 4.35. The van der Waals surface area contributed by atoms with E-state index in [1.165, 1.54) is 36.3 Å². The summed E-state index contributed by atoms with van der Waals surface area (Å²) in [5, 5.41) is 2.70. The Kier molecular flexibility index (Phi) is 6.12. The first-order valence-corrected chi connectivity index (χ1v) is 8.30. The fourth-order valence-electron chi connectivity index (χ4n) is 2.93. The van der Waals surface area contributed by atoms with Crippen LogP contribution in [-0.2, 0) is 14.3 Å². The minimum absolute atomic E-state index is 0.171. The van der Waals surface area contributed by atoms with Gasteiger partial charge in [-0.25, -0.2) is 9.18 Å². The minimum atomic E-state index is -0.775. The van der Waals surface area contributed by atoms with E-state index < -0.39 is 29.8 Å². The molecule has 6 nitrogen and oxygen atoms in total. The first-order chi connectivity index (χ1) is 11.8. The van der Waals surface area contributed by atoms with Gasteiger partial charge in [0.15, 0.2) is 0 Å². The molecule has 1 aliphatic heterocycles. The molecule has 0 spiro atoms. The quantitative estimate of drug-likeness (QED) is 0.821. The highest BCUT2D eigenvalue weighted by atomic mass is 19.1. The summed E-state index contributed by atoms with van der Waals surface area (Å²) in [7, 11) is 1.29. The van der Waals surface area contributed by atoms with E-state index in [0.29, 0.717) is 19.4 Å². The van der Waals surface area contributed by atoms with Crippen molar-refractivity contribution in [3.8, 4) is 0 Å². The van der Waals surface area contributed by atoms with E-state index >= 15 is 0 Å². The second kappa shape index (κ2) is 8.09. The monoisotopic (exact) mass is 350 g/mol. The van der Waals surface area contributed by atoms with Gasteiger partial charge in [-0.3, -0.25) is 9.59 Å². The Morgan fingerprint density at radius 2 is 1.88 bits per heavy atom. The van der Waals surface area contributed by atoms with Crippen molar-refractivity contribution in [1.82, 2.24) is 10.2 Å². The van der Waals surface area contributed by atoms with Crippen LogP contribution in [0, 0.1) is 11.7 Å². The molecular weight excluding hydrogens is 327 g/mol. The summed E-state index contributed by atoms with van der Waals surface area (Å²) in [5.74, 6) is -1.82. The number of rotatable bonds is 5. The molecule has 25 heavy (non-hydrogen) atoms. The number of ether oxygens (including phenoxy) is 1. The van der Waals surface area contributed by atoms with Gasteiger partial charge in [-0.15, -0.1) is 0 Å². The number of halogens is 1. The van der Waals surface area contributed by atoms with E-state index in [4.69, 9.17) is 4.74 Å². The summed E-state index contributed by atoms with van der Waals surface area (Å²) in [6.45, 7) is 4.09. The van der Waals surface area contributed by atoms with Crippen LogP contribution in [0.2, 0.25) is 0 Å². The van der Waals surface area contributed by atoms with Crippen molar-refractivity contribution in [2.45, 2.75) is 38.8 Å². The topological polar surface area (TPSA) is 75.7 Å². The lowest BCUT2D eigenvalue weighted by molar-refractivity contribution is -0.151. The molecule has 1 heterocycles. The number of esters is 1. The fraction of sp³-hybridized carbons (Fsp3) is 0.500. The average Bonchev–Trinajstić information content (AvgIpc) is 3.08. The molecule has 1 N–H and O–H groups in total. The second-order valence-corrected chi connectivity index (χ2v) is 6.41. The van der Waals surface area contributed by atoms with Crippen LogP contribution >= 0.6 is 0 Å². The number of hydrogen-bond acceptors (Lipinski definition) is 4. The SMILES string of the molecule is COC(=O)[C@@H]1CCCN1C(=O)[C@@H](NC(=O)c1ccc(F)cc1)C(C)C. The first-order valence-electron chi connectivity index (χ1n) is 8.30.